The lowest BCUT2D eigenvalue weighted by molar-refractivity contribution is 0.0730. The standard InChI is InChI=1S/C17H17Cl2N3O3S2/c18-12-1-6-16(15(19)11-12)21-17(26)20-13-2-4-14(5-3-13)27(23,24)22-7-9-25-10-8-22/h1-6,11H,7-10H2,(H2,20,21,26). The third-order valence-electron chi connectivity index (χ3n) is 3.90. The molecule has 3 rings (SSSR count). The predicted octanol–water partition coefficient (Wildman–Crippen LogP) is 3.82. The molecule has 1 aliphatic heterocycles. The van der Waals surface area contributed by atoms with Crippen molar-refractivity contribution in [1.29, 1.82) is 0 Å². The Labute approximate surface area is 173 Å². The fourth-order valence-corrected chi connectivity index (χ4v) is 4.61. The van der Waals surface area contributed by atoms with Crippen molar-refractivity contribution in [2.75, 3.05) is 36.9 Å². The average molecular weight is 446 g/mol. The number of benzene rings is 2. The van der Waals surface area contributed by atoms with E-state index in [0.717, 1.165) is 0 Å². The summed E-state index contributed by atoms with van der Waals surface area (Å²) in [5, 5.41) is 7.26. The van der Waals surface area contributed by atoms with Crippen molar-refractivity contribution >= 4 is 61.9 Å². The SMILES string of the molecule is O=S(=O)(c1ccc(NC(=S)Nc2ccc(Cl)cc2Cl)cc1)N1CCOCC1. The van der Waals surface area contributed by atoms with Crippen molar-refractivity contribution in [1.82, 2.24) is 4.31 Å². The second-order valence-corrected chi connectivity index (χ2v) is 8.93. The molecule has 1 fully saturated rings. The van der Waals surface area contributed by atoms with Gasteiger partial charge in [0.2, 0.25) is 10.0 Å². The summed E-state index contributed by atoms with van der Waals surface area (Å²) in [6.07, 6.45) is 0. The molecule has 10 heteroatoms. The first kappa shape index (κ1) is 20.3. The van der Waals surface area contributed by atoms with Crippen molar-refractivity contribution in [3.05, 3.63) is 52.5 Å². The molecule has 0 unspecified atom stereocenters. The topological polar surface area (TPSA) is 70.7 Å². The average Bonchev–Trinajstić information content (AvgIpc) is 2.65. The van der Waals surface area contributed by atoms with E-state index in [9.17, 15) is 8.42 Å². The molecule has 0 aliphatic carbocycles. The lowest BCUT2D eigenvalue weighted by atomic mass is 10.3. The molecule has 1 heterocycles. The maximum absolute atomic E-state index is 12.6. The fraction of sp³-hybridized carbons (Fsp3) is 0.235. The zero-order valence-corrected chi connectivity index (χ0v) is 17.3. The lowest BCUT2D eigenvalue weighted by Gasteiger charge is -2.26. The molecule has 0 amide bonds. The summed E-state index contributed by atoms with van der Waals surface area (Å²) in [6, 6.07) is 11.4. The molecule has 6 nitrogen and oxygen atoms in total. The molecule has 1 aliphatic rings. The minimum absolute atomic E-state index is 0.231. The van der Waals surface area contributed by atoms with Crippen molar-refractivity contribution in [2.24, 2.45) is 0 Å². The van der Waals surface area contributed by atoms with Crippen LogP contribution in [0.4, 0.5) is 11.4 Å². The molecule has 0 bridgehead atoms. The van der Waals surface area contributed by atoms with Crippen LogP contribution in [-0.2, 0) is 14.8 Å². The number of morpholine rings is 1. The molecular weight excluding hydrogens is 429 g/mol. The Morgan fingerprint density at radius 2 is 1.70 bits per heavy atom. The summed E-state index contributed by atoms with van der Waals surface area (Å²) in [6.45, 7) is 1.54. The second-order valence-electron chi connectivity index (χ2n) is 5.74. The summed E-state index contributed by atoms with van der Waals surface area (Å²) in [5.74, 6) is 0. The Kier molecular flexibility index (Phi) is 6.56. The summed E-state index contributed by atoms with van der Waals surface area (Å²) < 4.78 is 31.9. The largest absolute Gasteiger partial charge is 0.379 e. The van der Waals surface area contributed by atoms with Gasteiger partial charge in [0.15, 0.2) is 5.11 Å². The van der Waals surface area contributed by atoms with Gasteiger partial charge in [0.1, 0.15) is 0 Å². The van der Waals surface area contributed by atoms with Gasteiger partial charge in [-0.25, -0.2) is 8.42 Å². The minimum atomic E-state index is -3.52. The van der Waals surface area contributed by atoms with Gasteiger partial charge in [-0.2, -0.15) is 4.31 Å². The highest BCUT2D eigenvalue weighted by atomic mass is 35.5. The molecule has 2 aromatic rings. The van der Waals surface area contributed by atoms with Crippen LogP contribution in [0, 0.1) is 0 Å². The van der Waals surface area contributed by atoms with Gasteiger partial charge in [0, 0.05) is 23.8 Å². The first-order valence-electron chi connectivity index (χ1n) is 8.07. The molecule has 1 saturated heterocycles. The Balaban J connectivity index is 1.65. The molecule has 0 atom stereocenters. The van der Waals surface area contributed by atoms with Crippen LogP contribution in [0.25, 0.3) is 0 Å². The number of halogens is 2. The highest BCUT2D eigenvalue weighted by molar-refractivity contribution is 7.89. The summed E-state index contributed by atoms with van der Waals surface area (Å²) >= 11 is 17.2. The van der Waals surface area contributed by atoms with Crippen molar-refractivity contribution in [2.45, 2.75) is 4.90 Å². The number of hydrogen-bond acceptors (Lipinski definition) is 4. The maximum atomic E-state index is 12.6. The van der Waals surface area contributed by atoms with E-state index in [-0.39, 0.29) is 4.90 Å². The van der Waals surface area contributed by atoms with Gasteiger partial charge in [-0.1, -0.05) is 23.2 Å². The Morgan fingerprint density at radius 1 is 1.04 bits per heavy atom. The van der Waals surface area contributed by atoms with Gasteiger partial charge in [-0.15, -0.1) is 0 Å². The summed E-state index contributed by atoms with van der Waals surface area (Å²) in [7, 11) is -3.52. The maximum Gasteiger partial charge on any atom is 0.243 e. The van der Waals surface area contributed by atoms with Gasteiger partial charge in [0.25, 0.3) is 0 Å². The van der Waals surface area contributed by atoms with E-state index in [2.05, 4.69) is 10.6 Å². The van der Waals surface area contributed by atoms with Crippen molar-refractivity contribution in [3.63, 3.8) is 0 Å². The second kappa shape index (κ2) is 8.72. The van der Waals surface area contributed by atoms with Gasteiger partial charge in [-0.3, -0.25) is 0 Å². The van der Waals surface area contributed by atoms with Crippen LogP contribution in [-0.4, -0.2) is 44.1 Å². The number of nitrogens with one attached hydrogen (secondary N) is 2. The predicted molar refractivity (Wildman–Crippen MR) is 112 cm³/mol. The van der Waals surface area contributed by atoms with Gasteiger partial charge in [0.05, 0.1) is 28.8 Å². The Bertz CT molecular complexity index is 931. The van der Waals surface area contributed by atoms with Crippen LogP contribution in [0.3, 0.4) is 0 Å². The monoisotopic (exact) mass is 445 g/mol. The van der Waals surface area contributed by atoms with Gasteiger partial charge < -0.3 is 15.4 Å². The number of sulfonamides is 1. The first-order chi connectivity index (χ1) is 12.9. The zero-order valence-electron chi connectivity index (χ0n) is 14.1. The minimum Gasteiger partial charge on any atom is -0.379 e. The van der Waals surface area contributed by atoms with Crippen molar-refractivity contribution < 1.29 is 13.2 Å². The molecule has 2 aromatic carbocycles. The van der Waals surface area contributed by atoms with Crippen molar-refractivity contribution in [3.8, 4) is 0 Å². The van der Waals surface area contributed by atoms with E-state index in [1.54, 1.807) is 42.5 Å². The van der Waals surface area contributed by atoms with E-state index in [1.807, 2.05) is 0 Å². The van der Waals surface area contributed by atoms with Crippen LogP contribution >= 0.6 is 35.4 Å². The van der Waals surface area contributed by atoms with Crippen LogP contribution in [0.1, 0.15) is 0 Å². The smallest absolute Gasteiger partial charge is 0.243 e. The summed E-state index contributed by atoms with van der Waals surface area (Å²) in [5.41, 5.74) is 1.27. The number of nitrogens with zero attached hydrogens (tertiary/aromatic N) is 1. The van der Waals surface area contributed by atoms with Crippen LogP contribution in [0.15, 0.2) is 47.4 Å². The molecule has 144 valence electrons. The Hall–Kier alpha value is -1.42. The van der Waals surface area contributed by atoms with Crippen LogP contribution in [0.5, 0.6) is 0 Å². The quantitative estimate of drug-likeness (QED) is 0.696. The normalized spacial score (nSPS) is 15.3. The van der Waals surface area contributed by atoms with Gasteiger partial charge >= 0.3 is 0 Å². The fourth-order valence-electron chi connectivity index (χ4n) is 2.52. The number of hydrogen-bond donors (Lipinski definition) is 2. The molecule has 2 N–H and O–H groups in total. The van der Waals surface area contributed by atoms with Crippen LogP contribution < -0.4 is 10.6 Å². The molecule has 0 saturated carbocycles. The zero-order chi connectivity index (χ0) is 19.4. The number of rotatable bonds is 4. The Morgan fingerprint density at radius 3 is 2.33 bits per heavy atom. The van der Waals surface area contributed by atoms with E-state index < -0.39 is 10.0 Å². The van der Waals surface area contributed by atoms with Crippen LogP contribution in [0.2, 0.25) is 10.0 Å². The molecule has 0 aromatic heterocycles. The van der Waals surface area contributed by atoms with E-state index in [1.165, 1.54) is 4.31 Å². The molecule has 0 radical (unpaired) electrons. The molecule has 0 spiro atoms. The van der Waals surface area contributed by atoms with E-state index in [0.29, 0.717) is 52.8 Å². The first-order valence-corrected chi connectivity index (χ1v) is 10.7. The van der Waals surface area contributed by atoms with E-state index >= 15 is 0 Å². The van der Waals surface area contributed by atoms with E-state index in [4.69, 9.17) is 40.2 Å². The molecular formula is C17H17Cl2N3O3S2. The number of ether oxygens (including phenoxy) is 1. The third kappa shape index (κ3) is 5.10. The van der Waals surface area contributed by atoms with Gasteiger partial charge in [-0.05, 0) is 54.7 Å². The number of anilines is 2. The highest BCUT2D eigenvalue weighted by Gasteiger charge is 2.26. The highest BCUT2D eigenvalue weighted by Crippen LogP contribution is 2.26. The summed E-state index contributed by atoms with van der Waals surface area (Å²) in [4.78, 5) is 0.231. The lowest BCUT2D eigenvalue weighted by Crippen LogP contribution is -2.40. The third-order valence-corrected chi connectivity index (χ3v) is 6.56. The number of thiocarbonyl (C=S) groups is 1. The molecule has 27 heavy (non-hydrogen) atoms.